The van der Waals surface area contributed by atoms with Crippen molar-refractivity contribution in [2.75, 3.05) is 26.7 Å². The molecule has 4 heteroatoms. The molecule has 1 fully saturated rings. The van der Waals surface area contributed by atoms with E-state index < -0.39 is 0 Å². The maximum Gasteiger partial charge on any atom is 0.167 e. The SMILES string of the molecule is CN1CCOC(C(=O)Cc2ccc(I)cc2)C1. The van der Waals surface area contributed by atoms with E-state index in [2.05, 4.69) is 27.5 Å². The first-order valence-corrected chi connectivity index (χ1v) is 6.80. The van der Waals surface area contributed by atoms with Crippen LogP contribution in [0.4, 0.5) is 0 Å². The summed E-state index contributed by atoms with van der Waals surface area (Å²) in [7, 11) is 2.02. The van der Waals surface area contributed by atoms with Crippen LogP contribution < -0.4 is 0 Å². The third kappa shape index (κ3) is 3.76. The van der Waals surface area contributed by atoms with Gasteiger partial charge in [0, 0.05) is 23.1 Å². The number of hydrogen-bond donors (Lipinski definition) is 0. The van der Waals surface area contributed by atoms with E-state index in [1.807, 2.05) is 31.3 Å². The van der Waals surface area contributed by atoms with Crippen LogP contribution in [-0.4, -0.2) is 43.5 Å². The molecule has 2 rings (SSSR count). The fourth-order valence-corrected chi connectivity index (χ4v) is 2.25. The van der Waals surface area contributed by atoms with Gasteiger partial charge in [0.25, 0.3) is 0 Å². The van der Waals surface area contributed by atoms with Crippen LogP contribution in [0.1, 0.15) is 5.56 Å². The number of morpholine rings is 1. The lowest BCUT2D eigenvalue weighted by Gasteiger charge is -2.29. The summed E-state index contributed by atoms with van der Waals surface area (Å²) in [4.78, 5) is 14.2. The van der Waals surface area contributed by atoms with Gasteiger partial charge in [0.2, 0.25) is 0 Å². The normalized spacial score (nSPS) is 21.4. The van der Waals surface area contributed by atoms with Crippen LogP contribution in [0.25, 0.3) is 0 Å². The van der Waals surface area contributed by atoms with Crippen molar-refractivity contribution in [2.24, 2.45) is 0 Å². The van der Waals surface area contributed by atoms with Crippen molar-refractivity contribution in [3.05, 3.63) is 33.4 Å². The molecular weight excluding hydrogens is 329 g/mol. The minimum Gasteiger partial charge on any atom is -0.368 e. The molecule has 0 amide bonds. The van der Waals surface area contributed by atoms with Crippen LogP contribution in [-0.2, 0) is 16.0 Å². The number of ketones is 1. The second-order valence-electron chi connectivity index (χ2n) is 4.39. The van der Waals surface area contributed by atoms with Gasteiger partial charge >= 0.3 is 0 Å². The monoisotopic (exact) mass is 345 g/mol. The highest BCUT2D eigenvalue weighted by atomic mass is 127. The van der Waals surface area contributed by atoms with Crippen molar-refractivity contribution in [2.45, 2.75) is 12.5 Å². The second-order valence-corrected chi connectivity index (χ2v) is 5.64. The zero-order valence-corrected chi connectivity index (χ0v) is 12.0. The first-order chi connectivity index (χ1) is 8.15. The molecule has 3 nitrogen and oxygen atoms in total. The van der Waals surface area contributed by atoms with Crippen LogP contribution in [0.3, 0.4) is 0 Å². The lowest BCUT2D eigenvalue weighted by molar-refractivity contribution is -0.134. The predicted octanol–water partition coefficient (Wildman–Crippen LogP) is 1.73. The van der Waals surface area contributed by atoms with Gasteiger partial charge in [0.05, 0.1) is 6.61 Å². The number of hydrogen-bond acceptors (Lipinski definition) is 3. The Morgan fingerprint density at radius 3 is 2.82 bits per heavy atom. The number of rotatable bonds is 3. The van der Waals surface area contributed by atoms with Crippen LogP contribution in [0.2, 0.25) is 0 Å². The summed E-state index contributed by atoms with van der Waals surface area (Å²) in [5.74, 6) is 0.178. The molecule has 0 spiro atoms. The van der Waals surface area contributed by atoms with Crippen molar-refractivity contribution in [3.8, 4) is 0 Å². The van der Waals surface area contributed by atoms with E-state index in [0.717, 1.165) is 12.1 Å². The average molecular weight is 345 g/mol. The number of likely N-dealkylation sites (N-methyl/N-ethyl adjacent to an activating group) is 1. The lowest BCUT2D eigenvalue weighted by Crippen LogP contribution is -2.44. The van der Waals surface area contributed by atoms with E-state index in [0.29, 0.717) is 19.6 Å². The third-order valence-electron chi connectivity index (χ3n) is 2.92. The van der Waals surface area contributed by atoms with Gasteiger partial charge in [0.1, 0.15) is 6.10 Å². The Hall–Kier alpha value is -0.460. The molecule has 0 radical (unpaired) electrons. The van der Waals surface area contributed by atoms with E-state index in [4.69, 9.17) is 4.74 Å². The summed E-state index contributed by atoms with van der Waals surface area (Å²) in [6, 6.07) is 8.06. The Kier molecular flexibility index (Phi) is 4.53. The zero-order chi connectivity index (χ0) is 12.3. The maximum absolute atomic E-state index is 12.0. The van der Waals surface area contributed by atoms with Gasteiger partial charge in [-0.1, -0.05) is 12.1 Å². The van der Waals surface area contributed by atoms with Gasteiger partial charge < -0.3 is 9.64 Å². The Morgan fingerprint density at radius 1 is 1.47 bits per heavy atom. The molecule has 17 heavy (non-hydrogen) atoms. The van der Waals surface area contributed by atoms with E-state index >= 15 is 0 Å². The summed E-state index contributed by atoms with van der Waals surface area (Å²) in [5, 5.41) is 0. The van der Waals surface area contributed by atoms with Crippen LogP contribution in [0.5, 0.6) is 0 Å². The van der Waals surface area contributed by atoms with E-state index in [1.165, 1.54) is 3.57 Å². The predicted molar refractivity (Wildman–Crippen MR) is 75.1 cm³/mol. The Balaban J connectivity index is 1.94. The first-order valence-electron chi connectivity index (χ1n) is 5.72. The molecule has 1 aliphatic rings. The van der Waals surface area contributed by atoms with Gasteiger partial charge in [-0.15, -0.1) is 0 Å². The molecule has 0 saturated carbocycles. The molecule has 0 aromatic heterocycles. The molecule has 1 saturated heterocycles. The number of ether oxygens (including phenoxy) is 1. The van der Waals surface area contributed by atoms with Gasteiger partial charge in [0.15, 0.2) is 5.78 Å². The molecule has 1 unspecified atom stereocenters. The minimum atomic E-state index is -0.256. The standard InChI is InChI=1S/C13H16INO2/c1-15-6-7-17-13(9-15)12(16)8-10-2-4-11(14)5-3-10/h2-5,13H,6-9H2,1H3. The van der Waals surface area contributed by atoms with Crippen molar-refractivity contribution < 1.29 is 9.53 Å². The largest absolute Gasteiger partial charge is 0.368 e. The Bertz CT molecular complexity index is 391. The van der Waals surface area contributed by atoms with E-state index in [1.54, 1.807) is 0 Å². The molecule has 1 aromatic rings. The molecular formula is C13H16INO2. The summed E-state index contributed by atoms with van der Waals surface area (Å²) in [5.41, 5.74) is 1.06. The number of Topliss-reactive ketones (excluding diaryl/α,β-unsaturated/α-hetero) is 1. The van der Waals surface area contributed by atoms with Crippen LogP contribution in [0.15, 0.2) is 24.3 Å². The molecule has 1 aliphatic heterocycles. The van der Waals surface area contributed by atoms with Crippen molar-refractivity contribution in [1.82, 2.24) is 4.90 Å². The highest BCUT2D eigenvalue weighted by Gasteiger charge is 2.24. The smallest absolute Gasteiger partial charge is 0.167 e. The summed E-state index contributed by atoms with van der Waals surface area (Å²) < 4.78 is 6.70. The minimum absolute atomic E-state index is 0.178. The number of halogens is 1. The zero-order valence-electron chi connectivity index (χ0n) is 9.86. The molecule has 0 bridgehead atoms. The second kappa shape index (κ2) is 5.93. The van der Waals surface area contributed by atoms with E-state index in [-0.39, 0.29) is 11.9 Å². The number of benzene rings is 1. The van der Waals surface area contributed by atoms with Gasteiger partial charge in [-0.3, -0.25) is 4.79 Å². The maximum atomic E-state index is 12.0. The summed E-state index contributed by atoms with van der Waals surface area (Å²) >= 11 is 2.26. The van der Waals surface area contributed by atoms with Gasteiger partial charge in [-0.25, -0.2) is 0 Å². The highest BCUT2D eigenvalue weighted by molar-refractivity contribution is 14.1. The Morgan fingerprint density at radius 2 is 2.18 bits per heavy atom. The number of nitrogens with zero attached hydrogens (tertiary/aromatic N) is 1. The highest BCUT2D eigenvalue weighted by Crippen LogP contribution is 2.11. The molecule has 92 valence electrons. The number of carbonyl (C=O) groups is 1. The van der Waals surface area contributed by atoms with E-state index in [9.17, 15) is 4.79 Å². The molecule has 1 atom stereocenters. The molecule has 1 heterocycles. The third-order valence-corrected chi connectivity index (χ3v) is 3.64. The fraction of sp³-hybridized carbons (Fsp3) is 0.462. The molecule has 1 aromatic carbocycles. The van der Waals surface area contributed by atoms with Crippen LogP contribution >= 0.6 is 22.6 Å². The first kappa shape index (κ1) is 13.0. The van der Waals surface area contributed by atoms with Crippen LogP contribution in [0, 0.1) is 3.57 Å². The van der Waals surface area contributed by atoms with Crippen molar-refractivity contribution in [1.29, 1.82) is 0 Å². The summed E-state index contributed by atoms with van der Waals surface area (Å²) in [6.07, 6.45) is 0.211. The number of carbonyl (C=O) groups excluding carboxylic acids is 1. The van der Waals surface area contributed by atoms with Crippen molar-refractivity contribution in [3.63, 3.8) is 0 Å². The van der Waals surface area contributed by atoms with Crippen molar-refractivity contribution >= 4 is 28.4 Å². The topological polar surface area (TPSA) is 29.5 Å². The Labute approximate surface area is 115 Å². The summed E-state index contributed by atoms with van der Waals surface area (Å²) in [6.45, 7) is 2.27. The average Bonchev–Trinajstić information content (AvgIpc) is 2.32. The van der Waals surface area contributed by atoms with Gasteiger partial charge in [-0.05, 0) is 47.3 Å². The fourth-order valence-electron chi connectivity index (χ4n) is 1.89. The molecule has 0 N–H and O–H groups in total. The van der Waals surface area contributed by atoms with Gasteiger partial charge in [-0.2, -0.15) is 0 Å². The quantitative estimate of drug-likeness (QED) is 0.782. The molecule has 0 aliphatic carbocycles. The lowest BCUT2D eigenvalue weighted by atomic mass is 10.0.